The summed E-state index contributed by atoms with van der Waals surface area (Å²) < 4.78 is 5.92. The number of ether oxygens (including phenoxy) is 1. The van der Waals surface area contributed by atoms with Crippen LogP contribution in [0, 0.1) is 0 Å². The van der Waals surface area contributed by atoms with Gasteiger partial charge in [0.1, 0.15) is 4.88 Å². The van der Waals surface area contributed by atoms with Gasteiger partial charge in [-0.15, -0.1) is 11.3 Å². The molecule has 0 bridgehead atoms. The first-order valence-electron chi connectivity index (χ1n) is 6.30. The number of nitrogens with one attached hydrogen (secondary N) is 1. The van der Waals surface area contributed by atoms with Crippen LogP contribution in [-0.2, 0) is 4.74 Å². The van der Waals surface area contributed by atoms with E-state index in [0.717, 1.165) is 16.5 Å². The number of methoxy groups -OCH3 is 1. The molecule has 4 nitrogen and oxygen atoms in total. The van der Waals surface area contributed by atoms with Crippen molar-refractivity contribution in [3.05, 3.63) is 28.1 Å². The Morgan fingerprint density at radius 3 is 3.00 bits per heavy atom. The molecule has 0 aliphatic rings. The van der Waals surface area contributed by atoms with E-state index >= 15 is 0 Å². The van der Waals surface area contributed by atoms with Gasteiger partial charge in [-0.25, -0.2) is 0 Å². The van der Waals surface area contributed by atoms with E-state index in [1.54, 1.807) is 13.2 Å². The summed E-state index contributed by atoms with van der Waals surface area (Å²) in [5.41, 5.74) is 6.56. The second-order valence-corrected chi connectivity index (χ2v) is 6.13. The molecule has 0 aliphatic heterocycles. The summed E-state index contributed by atoms with van der Waals surface area (Å²) in [7, 11) is 1.64. The van der Waals surface area contributed by atoms with Gasteiger partial charge < -0.3 is 15.8 Å². The maximum atomic E-state index is 12.2. The Labute approximate surface area is 126 Å². The van der Waals surface area contributed by atoms with E-state index < -0.39 is 0 Å². The lowest BCUT2D eigenvalue weighted by atomic mass is 10.2. The number of hydrogen-bond donors (Lipinski definition) is 2. The number of nitrogens with two attached hydrogens (primary N) is 1. The fourth-order valence-corrected chi connectivity index (χ4v) is 3.22. The van der Waals surface area contributed by atoms with Gasteiger partial charge in [-0.05, 0) is 31.5 Å². The van der Waals surface area contributed by atoms with Gasteiger partial charge in [-0.1, -0.05) is 11.6 Å². The van der Waals surface area contributed by atoms with Crippen LogP contribution in [0.1, 0.15) is 23.0 Å². The van der Waals surface area contributed by atoms with Crippen molar-refractivity contribution in [2.75, 3.05) is 19.5 Å². The monoisotopic (exact) mass is 312 g/mol. The minimum absolute atomic E-state index is 0.0376. The molecule has 0 radical (unpaired) electrons. The molecule has 1 amide bonds. The molecule has 2 rings (SSSR count). The van der Waals surface area contributed by atoms with E-state index in [2.05, 4.69) is 5.32 Å². The van der Waals surface area contributed by atoms with Crippen molar-refractivity contribution in [2.24, 2.45) is 0 Å². The number of hydrogen-bond acceptors (Lipinski definition) is 4. The third-order valence-corrected chi connectivity index (χ3v) is 4.43. The number of nitrogen functional groups attached to an aromatic ring is 1. The Balaban J connectivity index is 2.20. The van der Waals surface area contributed by atoms with Gasteiger partial charge >= 0.3 is 0 Å². The number of amides is 1. The number of thiophene rings is 1. The first-order valence-corrected chi connectivity index (χ1v) is 7.49. The molecule has 0 saturated carbocycles. The highest BCUT2D eigenvalue weighted by molar-refractivity contribution is 7.21. The zero-order valence-electron chi connectivity index (χ0n) is 11.4. The molecular formula is C14H17ClN2O2S. The highest BCUT2D eigenvalue weighted by Gasteiger charge is 2.18. The van der Waals surface area contributed by atoms with Crippen molar-refractivity contribution in [3.63, 3.8) is 0 Å². The number of halogens is 1. The molecule has 1 aromatic carbocycles. The number of anilines is 1. The predicted molar refractivity (Wildman–Crippen MR) is 84.7 cm³/mol. The summed E-state index contributed by atoms with van der Waals surface area (Å²) in [6.07, 6.45) is 0.763. The van der Waals surface area contributed by atoms with E-state index in [4.69, 9.17) is 22.1 Å². The molecule has 2 aromatic rings. The highest BCUT2D eigenvalue weighted by atomic mass is 35.5. The van der Waals surface area contributed by atoms with Crippen molar-refractivity contribution in [1.82, 2.24) is 5.32 Å². The van der Waals surface area contributed by atoms with Crippen LogP contribution < -0.4 is 11.1 Å². The standard InChI is InChI=1S/C14H17ClN2O2S/c1-8(5-6-19-2)17-14(18)13-12(16)10-4-3-9(15)7-11(10)20-13/h3-4,7-8H,5-6,16H2,1-2H3,(H,17,18). The van der Waals surface area contributed by atoms with Crippen molar-refractivity contribution >= 4 is 44.6 Å². The van der Waals surface area contributed by atoms with Crippen LogP contribution in [0.2, 0.25) is 5.02 Å². The predicted octanol–water partition coefficient (Wildman–Crippen LogP) is 3.29. The summed E-state index contributed by atoms with van der Waals surface area (Å²) in [6, 6.07) is 5.48. The van der Waals surface area contributed by atoms with Crippen LogP contribution >= 0.6 is 22.9 Å². The minimum Gasteiger partial charge on any atom is -0.397 e. The maximum Gasteiger partial charge on any atom is 0.263 e. The second kappa shape index (κ2) is 6.43. The van der Waals surface area contributed by atoms with E-state index in [-0.39, 0.29) is 11.9 Å². The first-order chi connectivity index (χ1) is 9.52. The van der Waals surface area contributed by atoms with Gasteiger partial charge in [0.15, 0.2) is 0 Å². The lowest BCUT2D eigenvalue weighted by Crippen LogP contribution is -2.33. The molecular weight excluding hydrogens is 296 g/mol. The Kier molecular flexibility index (Phi) is 4.86. The molecule has 0 aliphatic carbocycles. The zero-order valence-corrected chi connectivity index (χ0v) is 13.0. The van der Waals surface area contributed by atoms with Crippen molar-refractivity contribution in [2.45, 2.75) is 19.4 Å². The summed E-state index contributed by atoms with van der Waals surface area (Å²) in [5.74, 6) is -0.150. The zero-order chi connectivity index (χ0) is 14.7. The molecule has 1 unspecified atom stereocenters. The largest absolute Gasteiger partial charge is 0.397 e. The molecule has 0 spiro atoms. The SMILES string of the molecule is COCCC(C)NC(=O)c1sc2cc(Cl)ccc2c1N. The molecule has 1 heterocycles. The lowest BCUT2D eigenvalue weighted by molar-refractivity contribution is 0.0934. The average molecular weight is 313 g/mol. The van der Waals surface area contributed by atoms with Crippen LogP contribution in [0.5, 0.6) is 0 Å². The van der Waals surface area contributed by atoms with Gasteiger partial charge in [0.05, 0.1) is 5.69 Å². The van der Waals surface area contributed by atoms with E-state index in [1.165, 1.54) is 11.3 Å². The third kappa shape index (κ3) is 3.23. The molecule has 1 atom stereocenters. The summed E-state index contributed by atoms with van der Waals surface area (Å²) in [6.45, 7) is 2.55. The molecule has 0 fully saturated rings. The van der Waals surface area contributed by atoms with Crippen molar-refractivity contribution < 1.29 is 9.53 Å². The van der Waals surface area contributed by atoms with Crippen LogP contribution in [0.25, 0.3) is 10.1 Å². The summed E-state index contributed by atoms with van der Waals surface area (Å²) in [5, 5.41) is 4.43. The second-order valence-electron chi connectivity index (χ2n) is 4.64. The fraction of sp³-hybridized carbons (Fsp3) is 0.357. The summed E-state index contributed by atoms with van der Waals surface area (Å²) >= 11 is 7.31. The van der Waals surface area contributed by atoms with Crippen LogP contribution in [0.15, 0.2) is 18.2 Å². The quantitative estimate of drug-likeness (QED) is 0.890. The van der Waals surface area contributed by atoms with E-state index in [1.807, 2.05) is 19.1 Å². The van der Waals surface area contributed by atoms with E-state index in [9.17, 15) is 4.79 Å². The number of carbonyl (C=O) groups is 1. The van der Waals surface area contributed by atoms with Gasteiger partial charge in [0.25, 0.3) is 5.91 Å². The number of fused-ring (bicyclic) bond motifs is 1. The maximum absolute atomic E-state index is 12.2. The number of rotatable bonds is 5. The minimum atomic E-state index is -0.150. The average Bonchev–Trinajstić information content (AvgIpc) is 2.73. The fourth-order valence-electron chi connectivity index (χ4n) is 1.92. The van der Waals surface area contributed by atoms with Gasteiger partial charge in [-0.2, -0.15) is 0 Å². The molecule has 20 heavy (non-hydrogen) atoms. The van der Waals surface area contributed by atoms with E-state index in [0.29, 0.717) is 22.2 Å². The molecule has 1 aromatic heterocycles. The lowest BCUT2D eigenvalue weighted by Gasteiger charge is -2.12. The normalized spacial score (nSPS) is 12.6. The summed E-state index contributed by atoms with van der Waals surface area (Å²) in [4.78, 5) is 12.8. The van der Waals surface area contributed by atoms with Crippen LogP contribution in [-0.4, -0.2) is 25.7 Å². The first kappa shape index (κ1) is 15.1. The van der Waals surface area contributed by atoms with Crippen molar-refractivity contribution in [1.29, 1.82) is 0 Å². The molecule has 6 heteroatoms. The van der Waals surface area contributed by atoms with Crippen molar-refractivity contribution in [3.8, 4) is 0 Å². The van der Waals surface area contributed by atoms with Crippen LogP contribution in [0.3, 0.4) is 0 Å². The molecule has 0 saturated heterocycles. The van der Waals surface area contributed by atoms with Gasteiger partial charge in [0.2, 0.25) is 0 Å². The Hall–Kier alpha value is -1.30. The topological polar surface area (TPSA) is 64.3 Å². The van der Waals surface area contributed by atoms with Gasteiger partial charge in [0, 0.05) is 34.9 Å². The smallest absolute Gasteiger partial charge is 0.263 e. The highest BCUT2D eigenvalue weighted by Crippen LogP contribution is 2.35. The Bertz CT molecular complexity index is 627. The molecule has 3 N–H and O–H groups in total. The third-order valence-electron chi connectivity index (χ3n) is 3.03. The van der Waals surface area contributed by atoms with Gasteiger partial charge in [-0.3, -0.25) is 4.79 Å². The number of carbonyl (C=O) groups excluding carboxylic acids is 1. The number of benzene rings is 1. The Morgan fingerprint density at radius 2 is 2.30 bits per heavy atom. The molecule has 108 valence electrons. The Morgan fingerprint density at radius 1 is 1.55 bits per heavy atom. The van der Waals surface area contributed by atoms with Crippen LogP contribution in [0.4, 0.5) is 5.69 Å².